The predicted molar refractivity (Wildman–Crippen MR) is 117 cm³/mol. The van der Waals surface area contributed by atoms with Gasteiger partial charge in [0.1, 0.15) is 11.4 Å². The molecule has 0 spiro atoms. The number of rotatable bonds is 5. The summed E-state index contributed by atoms with van der Waals surface area (Å²) < 4.78 is 6.35. The molecule has 1 N–H and O–H groups in total. The standard InChI is InChI=1S/C26H27NO2/c1-3-26(4-2)18-23(22-12-8-9-13-24(22)29-26)27-25(28)21-16-14-20(15-17-21)19-10-6-5-7-11-19/h5-17,23H,3-4,18H2,1-2H3,(H,27,28)/t23-/m0/s1. The molecule has 0 fully saturated rings. The van der Waals surface area contributed by atoms with E-state index in [-0.39, 0.29) is 17.6 Å². The van der Waals surface area contributed by atoms with Gasteiger partial charge in [0, 0.05) is 17.5 Å². The van der Waals surface area contributed by atoms with E-state index in [9.17, 15) is 4.79 Å². The van der Waals surface area contributed by atoms with Crippen LogP contribution in [0, 0.1) is 0 Å². The van der Waals surface area contributed by atoms with Crippen LogP contribution in [0.4, 0.5) is 0 Å². The second-order valence-electron chi connectivity index (χ2n) is 7.70. The largest absolute Gasteiger partial charge is 0.487 e. The van der Waals surface area contributed by atoms with E-state index in [1.807, 2.05) is 66.7 Å². The van der Waals surface area contributed by atoms with Gasteiger partial charge in [-0.05, 0) is 42.2 Å². The summed E-state index contributed by atoms with van der Waals surface area (Å²) in [5.41, 5.74) is 3.75. The highest BCUT2D eigenvalue weighted by Gasteiger charge is 2.38. The van der Waals surface area contributed by atoms with Crippen LogP contribution in [0.25, 0.3) is 11.1 Å². The average Bonchev–Trinajstić information content (AvgIpc) is 2.79. The van der Waals surface area contributed by atoms with Crippen molar-refractivity contribution in [2.24, 2.45) is 0 Å². The zero-order valence-corrected chi connectivity index (χ0v) is 17.0. The second-order valence-corrected chi connectivity index (χ2v) is 7.70. The molecule has 3 aromatic rings. The maximum absolute atomic E-state index is 13.0. The monoisotopic (exact) mass is 385 g/mol. The fraction of sp³-hybridized carbons (Fsp3) is 0.269. The number of carbonyl (C=O) groups is 1. The summed E-state index contributed by atoms with van der Waals surface area (Å²) in [4.78, 5) is 13.0. The first kappa shape index (κ1) is 19.3. The van der Waals surface area contributed by atoms with E-state index in [1.165, 1.54) is 0 Å². The molecule has 29 heavy (non-hydrogen) atoms. The Balaban J connectivity index is 1.56. The number of hydrogen-bond donors (Lipinski definition) is 1. The number of ether oxygens (including phenoxy) is 1. The molecule has 0 aromatic heterocycles. The van der Waals surface area contributed by atoms with Crippen LogP contribution >= 0.6 is 0 Å². The number of para-hydroxylation sites is 1. The van der Waals surface area contributed by atoms with Crippen LogP contribution in [0.2, 0.25) is 0 Å². The third-order valence-electron chi connectivity index (χ3n) is 6.05. The molecule has 0 saturated carbocycles. The smallest absolute Gasteiger partial charge is 0.251 e. The van der Waals surface area contributed by atoms with Gasteiger partial charge in [-0.2, -0.15) is 0 Å². The molecule has 3 aromatic carbocycles. The van der Waals surface area contributed by atoms with Crippen molar-refractivity contribution >= 4 is 5.91 Å². The first-order valence-electron chi connectivity index (χ1n) is 10.4. The van der Waals surface area contributed by atoms with Gasteiger partial charge in [0.2, 0.25) is 0 Å². The van der Waals surface area contributed by atoms with E-state index in [0.717, 1.165) is 41.7 Å². The molecule has 4 rings (SSSR count). The lowest BCUT2D eigenvalue weighted by atomic mass is 9.83. The molecule has 148 valence electrons. The maximum atomic E-state index is 13.0. The van der Waals surface area contributed by atoms with E-state index in [1.54, 1.807) is 0 Å². The summed E-state index contributed by atoms with van der Waals surface area (Å²) in [6.45, 7) is 4.30. The van der Waals surface area contributed by atoms with Crippen molar-refractivity contribution in [3.63, 3.8) is 0 Å². The van der Waals surface area contributed by atoms with Crippen molar-refractivity contribution in [3.8, 4) is 16.9 Å². The van der Waals surface area contributed by atoms with Crippen molar-refractivity contribution in [2.75, 3.05) is 0 Å². The Kier molecular flexibility index (Phi) is 5.39. The molecule has 0 bridgehead atoms. The molecule has 1 aliphatic rings. The lowest BCUT2D eigenvalue weighted by molar-refractivity contribution is 0.0227. The highest BCUT2D eigenvalue weighted by Crippen LogP contribution is 2.42. The Morgan fingerprint density at radius 3 is 2.21 bits per heavy atom. The number of fused-ring (bicyclic) bond motifs is 1. The Morgan fingerprint density at radius 1 is 0.897 bits per heavy atom. The van der Waals surface area contributed by atoms with Gasteiger partial charge in [-0.1, -0.05) is 74.5 Å². The fourth-order valence-corrected chi connectivity index (χ4v) is 4.12. The minimum atomic E-state index is -0.233. The van der Waals surface area contributed by atoms with Gasteiger partial charge in [-0.25, -0.2) is 0 Å². The first-order chi connectivity index (χ1) is 14.1. The summed E-state index contributed by atoms with van der Waals surface area (Å²) in [7, 11) is 0. The van der Waals surface area contributed by atoms with E-state index >= 15 is 0 Å². The van der Waals surface area contributed by atoms with Gasteiger partial charge >= 0.3 is 0 Å². The van der Waals surface area contributed by atoms with Gasteiger partial charge in [-0.3, -0.25) is 4.79 Å². The number of nitrogens with one attached hydrogen (secondary N) is 1. The minimum absolute atomic E-state index is 0.0487. The molecule has 1 atom stereocenters. The number of carbonyl (C=O) groups excluding carboxylic acids is 1. The second kappa shape index (κ2) is 8.12. The van der Waals surface area contributed by atoms with Crippen molar-refractivity contribution in [1.82, 2.24) is 5.32 Å². The van der Waals surface area contributed by atoms with Crippen LogP contribution in [-0.4, -0.2) is 11.5 Å². The van der Waals surface area contributed by atoms with Gasteiger partial charge in [0.05, 0.1) is 6.04 Å². The van der Waals surface area contributed by atoms with E-state index in [0.29, 0.717) is 5.56 Å². The van der Waals surface area contributed by atoms with Crippen LogP contribution in [-0.2, 0) is 0 Å². The number of hydrogen-bond acceptors (Lipinski definition) is 2. The van der Waals surface area contributed by atoms with Gasteiger partial charge in [-0.15, -0.1) is 0 Å². The van der Waals surface area contributed by atoms with E-state index < -0.39 is 0 Å². The Hall–Kier alpha value is -3.07. The highest BCUT2D eigenvalue weighted by atomic mass is 16.5. The lowest BCUT2D eigenvalue weighted by Crippen LogP contribution is -2.44. The van der Waals surface area contributed by atoms with Crippen molar-refractivity contribution in [2.45, 2.75) is 44.8 Å². The maximum Gasteiger partial charge on any atom is 0.251 e. The molecule has 0 saturated heterocycles. The van der Waals surface area contributed by atoms with Gasteiger partial charge in [0.15, 0.2) is 0 Å². The zero-order valence-electron chi connectivity index (χ0n) is 17.0. The fourth-order valence-electron chi connectivity index (χ4n) is 4.12. The van der Waals surface area contributed by atoms with Crippen LogP contribution in [0.3, 0.4) is 0 Å². The Morgan fingerprint density at radius 2 is 1.52 bits per heavy atom. The molecular formula is C26H27NO2. The minimum Gasteiger partial charge on any atom is -0.487 e. The topological polar surface area (TPSA) is 38.3 Å². The normalized spacial score (nSPS) is 17.1. The predicted octanol–water partition coefficient (Wildman–Crippen LogP) is 6.17. The summed E-state index contributed by atoms with van der Waals surface area (Å²) >= 11 is 0. The van der Waals surface area contributed by atoms with Crippen molar-refractivity contribution in [1.29, 1.82) is 0 Å². The molecule has 1 heterocycles. The van der Waals surface area contributed by atoms with Crippen LogP contribution in [0.15, 0.2) is 78.9 Å². The third kappa shape index (κ3) is 3.91. The van der Waals surface area contributed by atoms with E-state index in [4.69, 9.17) is 4.74 Å². The molecule has 1 amide bonds. The molecule has 0 radical (unpaired) electrons. The molecule has 0 aliphatic carbocycles. The molecule has 1 aliphatic heterocycles. The van der Waals surface area contributed by atoms with Gasteiger partial charge in [0.25, 0.3) is 5.91 Å². The van der Waals surface area contributed by atoms with Crippen LogP contribution < -0.4 is 10.1 Å². The Labute approximate surface area is 172 Å². The SMILES string of the molecule is CCC1(CC)C[C@H](NC(=O)c2ccc(-c3ccccc3)cc2)c2ccccc2O1. The van der Waals surface area contributed by atoms with Gasteiger partial charge < -0.3 is 10.1 Å². The highest BCUT2D eigenvalue weighted by molar-refractivity contribution is 5.95. The van der Waals surface area contributed by atoms with E-state index in [2.05, 4.69) is 31.3 Å². The quantitative estimate of drug-likeness (QED) is 0.571. The van der Waals surface area contributed by atoms with Crippen LogP contribution in [0.1, 0.15) is 55.1 Å². The van der Waals surface area contributed by atoms with Crippen molar-refractivity contribution < 1.29 is 9.53 Å². The third-order valence-corrected chi connectivity index (χ3v) is 6.05. The first-order valence-corrected chi connectivity index (χ1v) is 10.4. The summed E-state index contributed by atoms with van der Waals surface area (Å²) in [5, 5.41) is 3.26. The summed E-state index contributed by atoms with van der Waals surface area (Å²) in [6, 6.07) is 26.0. The molecule has 3 nitrogen and oxygen atoms in total. The average molecular weight is 386 g/mol. The van der Waals surface area contributed by atoms with Crippen molar-refractivity contribution in [3.05, 3.63) is 90.0 Å². The summed E-state index contributed by atoms with van der Waals surface area (Å²) in [6.07, 6.45) is 2.61. The molecule has 3 heteroatoms. The zero-order chi connectivity index (χ0) is 20.3. The number of amides is 1. The molecule has 0 unspecified atom stereocenters. The molecular weight excluding hydrogens is 358 g/mol. The Bertz CT molecular complexity index is 975. The lowest BCUT2D eigenvalue weighted by Gasteiger charge is -2.41. The summed E-state index contributed by atoms with van der Waals surface area (Å²) in [5.74, 6) is 0.833. The van der Waals surface area contributed by atoms with Crippen LogP contribution in [0.5, 0.6) is 5.75 Å². The number of benzene rings is 3.